The molecule has 1 N–H and O–H groups in total. The Hall–Kier alpha value is -4.38. The minimum Gasteiger partial charge on any atom is -0.507 e. The number of rotatable bonds is 8. The van der Waals surface area contributed by atoms with Gasteiger partial charge in [0.1, 0.15) is 29.6 Å². The summed E-state index contributed by atoms with van der Waals surface area (Å²) in [7, 11) is 0. The minimum absolute atomic E-state index is 0.125. The van der Waals surface area contributed by atoms with Crippen molar-refractivity contribution >= 4 is 39.9 Å². The van der Waals surface area contributed by atoms with E-state index in [9.17, 15) is 19.5 Å². The predicted molar refractivity (Wildman–Crippen MR) is 147 cm³/mol. The summed E-state index contributed by atoms with van der Waals surface area (Å²) in [5.41, 5.74) is 1.05. The molecule has 2 aliphatic heterocycles. The van der Waals surface area contributed by atoms with Crippen LogP contribution in [0, 0.1) is 6.92 Å². The average molecular weight is 565 g/mol. The summed E-state index contributed by atoms with van der Waals surface area (Å²) in [5.74, 6) is -1.22. The Morgan fingerprint density at radius 2 is 1.90 bits per heavy atom. The number of esters is 1. The Morgan fingerprint density at radius 3 is 2.65 bits per heavy atom. The van der Waals surface area contributed by atoms with Gasteiger partial charge in [-0.15, -0.1) is 0 Å². The molecule has 3 heterocycles. The third-order valence-electron chi connectivity index (χ3n) is 6.36. The first kappa shape index (κ1) is 27.2. The molecule has 0 unspecified atom stereocenters. The molecule has 11 heteroatoms. The van der Waals surface area contributed by atoms with Crippen LogP contribution < -0.4 is 19.1 Å². The molecule has 1 saturated heterocycles. The lowest BCUT2D eigenvalue weighted by molar-refractivity contribution is -0.132. The highest BCUT2D eigenvalue weighted by molar-refractivity contribution is 7.17. The van der Waals surface area contributed by atoms with E-state index < -0.39 is 23.7 Å². The lowest BCUT2D eigenvalue weighted by Gasteiger charge is -2.24. The van der Waals surface area contributed by atoms with Crippen molar-refractivity contribution < 1.29 is 38.4 Å². The number of aromatic nitrogens is 1. The number of anilines is 1. The van der Waals surface area contributed by atoms with Crippen molar-refractivity contribution in [2.75, 3.05) is 31.3 Å². The molecular formula is C29H28N2O8S. The van der Waals surface area contributed by atoms with E-state index in [1.807, 2.05) is 6.92 Å². The number of hydrogen-bond acceptors (Lipinski definition) is 10. The van der Waals surface area contributed by atoms with Crippen LogP contribution in [0.4, 0.5) is 5.13 Å². The third-order valence-corrected chi connectivity index (χ3v) is 7.50. The number of Topliss-reactive ketones (excluding diaryl/α,β-unsaturated/α-hetero) is 1. The molecule has 0 bridgehead atoms. The van der Waals surface area contributed by atoms with Gasteiger partial charge >= 0.3 is 11.9 Å². The van der Waals surface area contributed by atoms with Gasteiger partial charge in [0, 0.05) is 5.56 Å². The first-order valence-electron chi connectivity index (χ1n) is 12.9. The van der Waals surface area contributed by atoms with Crippen LogP contribution in [-0.4, -0.2) is 54.2 Å². The van der Waals surface area contributed by atoms with Gasteiger partial charge in [-0.3, -0.25) is 14.5 Å². The first-order chi connectivity index (χ1) is 19.3. The van der Waals surface area contributed by atoms with E-state index in [-0.39, 0.29) is 33.5 Å². The number of carbonyl (C=O) groups excluding carboxylic acids is 3. The molecule has 208 valence electrons. The van der Waals surface area contributed by atoms with Gasteiger partial charge in [-0.25, -0.2) is 9.78 Å². The molecule has 1 aromatic heterocycles. The molecule has 0 saturated carbocycles. The summed E-state index contributed by atoms with van der Waals surface area (Å²) in [6, 6.07) is 10.8. The van der Waals surface area contributed by atoms with Crippen molar-refractivity contribution in [2.24, 2.45) is 0 Å². The number of ketones is 1. The highest BCUT2D eigenvalue weighted by Crippen LogP contribution is 2.45. The van der Waals surface area contributed by atoms with Gasteiger partial charge < -0.3 is 24.1 Å². The topological polar surface area (TPSA) is 124 Å². The first-order valence-corrected chi connectivity index (χ1v) is 13.7. The van der Waals surface area contributed by atoms with Crippen LogP contribution in [0.15, 0.2) is 48.0 Å². The molecule has 40 heavy (non-hydrogen) atoms. The Balaban J connectivity index is 1.66. The summed E-state index contributed by atoms with van der Waals surface area (Å²) >= 11 is 0.950. The summed E-state index contributed by atoms with van der Waals surface area (Å²) < 4.78 is 22.2. The van der Waals surface area contributed by atoms with E-state index in [1.54, 1.807) is 56.3 Å². The lowest BCUT2D eigenvalue weighted by atomic mass is 9.95. The van der Waals surface area contributed by atoms with Crippen LogP contribution >= 0.6 is 11.3 Å². The van der Waals surface area contributed by atoms with E-state index in [0.717, 1.165) is 17.8 Å². The molecule has 3 aromatic rings. The fraction of sp³-hybridized carbons (Fsp3) is 0.310. The molecule has 0 radical (unpaired) electrons. The molecule has 1 fully saturated rings. The number of benzene rings is 2. The van der Waals surface area contributed by atoms with Gasteiger partial charge in [-0.05, 0) is 56.2 Å². The summed E-state index contributed by atoms with van der Waals surface area (Å²) in [6.07, 6.45) is 0.793. The zero-order valence-corrected chi connectivity index (χ0v) is 23.1. The highest BCUT2D eigenvalue weighted by Gasteiger charge is 2.48. The second-order valence-corrected chi connectivity index (χ2v) is 10.1. The van der Waals surface area contributed by atoms with Crippen LogP contribution in [-0.2, 0) is 14.3 Å². The van der Waals surface area contributed by atoms with E-state index >= 15 is 0 Å². The van der Waals surface area contributed by atoms with Crippen molar-refractivity contribution in [3.8, 4) is 17.2 Å². The SMILES string of the molecule is CCCOc1cccc([C@H]2/C(=C(\O)c3ccc4c(c3)OCCO4)C(=O)C(=O)N2c2nc(C)c(C(=O)OCC)s2)c1. The fourth-order valence-electron chi connectivity index (χ4n) is 4.56. The second-order valence-electron chi connectivity index (χ2n) is 9.08. The maximum atomic E-state index is 13.6. The third kappa shape index (κ3) is 5.00. The van der Waals surface area contributed by atoms with E-state index in [2.05, 4.69) is 4.98 Å². The van der Waals surface area contributed by atoms with Crippen molar-refractivity contribution in [1.82, 2.24) is 4.98 Å². The van der Waals surface area contributed by atoms with E-state index in [4.69, 9.17) is 18.9 Å². The maximum Gasteiger partial charge on any atom is 0.350 e. The molecule has 0 spiro atoms. The fourth-order valence-corrected chi connectivity index (χ4v) is 5.54. The number of hydrogen-bond donors (Lipinski definition) is 1. The van der Waals surface area contributed by atoms with Gasteiger partial charge in [0.25, 0.3) is 5.78 Å². The Kier molecular flexibility index (Phi) is 7.74. The zero-order chi connectivity index (χ0) is 28.4. The smallest absolute Gasteiger partial charge is 0.350 e. The number of aryl methyl sites for hydroxylation is 1. The number of thiazole rings is 1. The largest absolute Gasteiger partial charge is 0.507 e. The molecule has 5 rings (SSSR count). The van der Waals surface area contributed by atoms with Gasteiger partial charge in [0.05, 0.1) is 30.5 Å². The van der Waals surface area contributed by atoms with Crippen LogP contribution in [0.1, 0.15) is 52.8 Å². The lowest BCUT2D eigenvalue weighted by Crippen LogP contribution is -2.29. The zero-order valence-electron chi connectivity index (χ0n) is 22.3. The number of nitrogens with zero attached hydrogens (tertiary/aromatic N) is 2. The van der Waals surface area contributed by atoms with Crippen LogP contribution in [0.5, 0.6) is 17.2 Å². The molecular weight excluding hydrogens is 536 g/mol. The standard InChI is InChI=1S/C29H28N2O8S/c1-4-11-37-19-8-6-7-17(14-19)23-22(24(32)18-9-10-20-21(15-18)39-13-12-38-20)25(33)27(34)31(23)29-30-16(3)26(40-29)28(35)36-5-2/h6-10,14-15,23,32H,4-5,11-13H2,1-3H3/b24-22+/t23-/m0/s1. The van der Waals surface area contributed by atoms with Gasteiger partial charge in [-0.1, -0.05) is 30.4 Å². The van der Waals surface area contributed by atoms with Crippen molar-refractivity contribution in [3.63, 3.8) is 0 Å². The monoisotopic (exact) mass is 564 g/mol. The second kappa shape index (κ2) is 11.4. The van der Waals surface area contributed by atoms with Crippen molar-refractivity contribution in [3.05, 3.63) is 69.7 Å². The van der Waals surface area contributed by atoms with Gasteiger partial charge in [-0.2, -0.15) is 0 Å². The quantitative estimate of drug-likeness (QED) is 0.178. The summed E-state index contributed by atoms with van der Waals surface area (Å²) in [5, 5.41) is 11.6. The van der Waals surface area contributed by atoms with Gasteiger partial charge in [0.2, 0.25) is 0 Å². The minimum atomic E-state index is -1.04. The molecule has 2 aromatic carbocycles. The summed E-state index contributed by atoms with van der Waals surface area (Å²) in [6.45, 7) is 6.72. The molecule has 2 aliphatic rings. The Bertz CT molecular complexity index is 1510. The van der Waals surface area contributed by atoms with Crippen molar-refractivity contribution in [2.45, 2.75) is 33.2 Å². The number of aliphatic hydroxyl groups is 1. The average Bonchev–Trinajstić information content (AvgIpc) is 3.47. The maximum absolute atomic E-state index is 13.6. The van der Waals surface area contributed by atoms with E-state index in [1.165, 1.54) is 4.90 Å². The molecule has 1 amide bonds. The van der Waals surface area contributed by atoms with Crippen LogP contribution in [0.3, 0.4) is 0 Å². The van der Waals surface area contributed by atoms with Crippen molar-refractivity contribution in [1.29, 1.82) is 0 Å². The number of carbonyl (C=O) groups is 3. The number of ether oxygens (including phenoxy) is 4. The highest BCUT2D eigenvalue weighted by atomic mass is 32.1. The molecule has 10 nitrogen and oxygen atoms in total. The number of fused-ring (bicyclic) bond motifs is 1. The van der Waals surface area contributed by atoms with E-state index in [0.29, 0.717) is 48.3 Å². The van der Waals surface area contributed by atoms with Crippen LogP contribution in [0.2, 0.25) is 0 Å². The predicted octanol–water partition coefficient (Wildman–Crippen LogP) is 4.81. The normalized spacial score (nSPS) is 17.7. The number of aliphatic hydroxyl groups excluding tert-OH is 1. The Morgan fingerprint density at radius 1 is 1.12 bits per heavy atom. The molecule has 1 atom stereocenters. The summed E-state index contributed by atoms with van der Waals surface area (Å²) in [4.78, 5) is 45.5. The Labute approximate surface area is 234 Å². The number of amides is 1. The van der Waals surface area contributed by atoms with Gasteiger partial charge in [0.15, 0.2) is 16.6 Å². The molecule has 0 aliphatic carbocycles. The van der Waals surface area contributed by atoms with Crippen LogP contribution in [0.25, 0.3) is 5.76 Å².